The Labute approximate surface area is 123 Å². The predicted octanol–water partition coefficient (Wildman–Crippen LogP) is 2.81. The monoisotopic (exact) mass is 285 g/mol. The Morgan fingerprint density at radius 1 is 1.33 bits per heavy atom. The standard InChI is InChI=1S/C16H19N3O2/c1-10(2)11-7-8-19(9-11)15-12-5-3-4-6-13(12)17-14(18-15)16(20)21/h3-6,10-11H,7-9H2,1-2H3,(H,20,21). The van der Waals surface area contributed by atoms with Crippen molar-refractivity contribution in [3.63, 3.8) is 0 Å². The van der Waals surface area contributed by atoms with Crippen molar-refractivity contribution in [2.75, 3.05) is 18.0 Å². The molecule has 1 aromatic heterocycles. The molecule has 110 valence electrons. The van der Waals surface area contributed by atoms with Gasteiger partial charge in [0.15, 0.2) is 0 Å². The third-order valence-electron chi connectivity index (χ3n) is 4.24. The van der Waals surface area contributed by atoms with Crippen LogP contribution in [0.2, 0.25) is 0 Å². The molecule has 0 amide bonds. The van der Waals surface area contributed by atoms with E-state index in [0.29, 0.717) is 17.4 Å². The first-order valence-electron chi connectivity index (χ1n) is 7.31. The lowest BCUT2D eigenvalue weighted by Crippen LogP contribution is -2.23. The third-order valence-corrected chi connectivity index (χ3v) is 4.24. The number of nitrogens with zero attached hydrogens (tertiary/aromatic N) is 3. The van der Waals surface area contributed by atoms with Gasteiger partial charge >= 0.3 is 5.97 Å². The van der Waals surface area contributed by atoms with Crippen LogP contribution in [0.1, 0.15) is 30.9 Å². The van der Waals surface area contributed by atoms with Crippen molar-refractivity contribution in [3.8, 4) is 0 Å². The summed E-state index contributed by atoms with van der Waals surface area (Å²) < 4.78 is 0. The fourth-order valence-corrected chi connectivity index (χ4v) is 2.92. The maximum atomic E-state index is 11.2. The van der Waals surface area contributed by atoms with Gasteiger partial charge in [0.05, 0.1) is 5.52 Å². The maximum absolute atomic E-state index is 11.2. The van der Waals surface area contributed by atoms with Crippen molar-refractivity contribution in [3.05, 3.63) is 30.1 Å². The van der Waals surface area contributed by atoms with Gasteiger partial charge in [0.1, 0.15) is 5.82 Å². The Morgan fingerprint density at radius 3 is 2.76 bits per heavy atom. The topological polar surface area (TPSA) is 66.3 Å². The van der Waals surface area contributed by atoms with Gasteiger partial charge in [0.25, 0.3) is 0 Å². The first-order chi connectivity index (χ1) is 10.1. The number of benzene rings is 1. The first kappa shape index (κ1) is 13.8. The number of para-hydroxylation sites is 1. The minimum Gasteiger partial charge on any atom is -0.475 e. The number of hydrogen-bond acceptors (Lipinski definition) is 4. The van der Waals surface area contributed by atoms with Crippen LogP contribution in [-0.2, 0) is 0 Å². The number of rotatable bonds is 3. The molecule has 1 saturated heterocycles. The van der Waals surface area contributed by atoms with E-state index in [1.54, 1.807) is 0 Å². The number of fused-ring (bicyclic) bond motifs is 1. The number of carboxylic acids is 1. The molecule has 1 fully saturated rings. The number of carbonyl (C=O) groups is 1. The van der Waals surface area contributed by atoms with Gasteiger partial charge in [-0.3, -0.25) is 0 Å². The van der Waals surface area contributed by atoms with Crippen molar-refractivity contribution >= 4 is 22.7 Å². The van der Waals surface area contributed by atoms with Gasteiger partial charge in [-0.2, -0.15) is 0 Å². The fourth-order valence-electron chi connectivity index (χ4n) is 2.92. The molecule has 1 N–H and O–H groups in total. The van der Waals surface area contributed by atoms with Crippen LogP contribution < -0.4 is 4.90 Å². The smallest absolute Gasteiger partial charge is 0.374 e. The third kappa shape index (κ3) is 2.55. The van der Waals surface area contributed by atoms with E-state index in [-0.39, 0.29) is 5.82 Å². The summed E-state index contributed by atoms with van der Waals surface area (Å²) in [7, 11) is 0. The zero-order chi connectivity index (χ0) is 15.0. The predicted molar refractivity (Wildman–Crippen MR) is 81.7 cm³/mol. The van der Waals surface area contributed by atoms with Crippen LogP contribution in [0.3, 0.4) is 0 Å². The van der Waals surface area contributed by atoms with Crippen LogP contribution >= 0.6 is 0 Å². The zero-order valence-electron chi connectivity index (χ0n) is 12.3. The van der Waals surface area contributed by atoms with Gasteiger partial charge in [-0.05, 0) is 30.4 Å². The van der Waals surface area contributed by atoms with E-state index in [0.717, 1.165) is 30.7 Å². The van der Waals surface area contributed by atoms with Gasteiger partial charge in [-0.15, -0.1) is 0 Å². The van der Waals surface area contributed by atoms with E-state index < -0.39 is 5.97 Å². The van der Waals surface area contributed by atoms with Crippen LogP contribution in [0.5, 0.6) is 0 Å². The van der Waals surface area contributed by atoms with Gasteiger partial charge in [0, 0.05) is 18.5 Å². The van der Waals surface area contributed by atoms with E-state index in [2.05, 4.69) is 28.7 Å². The lowest BCUT2D eigenvalue weighted by Gasteiger charge is -2.20. The summed E-state index contributed by atoms with van der Waals surface area (Å²) >= 11 is 0. The Morgan fingerprint density at radius 2 is 2.10 bits per heavy atom. The van der Waals surface area contributed by atoms with E-state index in [4.69, 9.17) is 0 Å². The van der Waals surface area contributed by atoms with Crippen LogP contribution in [0.25, 0.3) is 10.9 Å². The van der Waals surface area contributed by atoms with Crippen molar-refractivity contribution in [1.82, 2.24) is 9.97 Å². The van der Waals surface area contributed by atoms with Gasteiger partial charge < -0.3 is 10.0 Å². The Hall–Kier alpha value is -2.17. The van der Waals surface area contributed by atoms with Crippen LogP contribution in [-0.4, -0.2) is 34.1 Å². The first-order valence-corrected chi connectivity index (χ1v) is 7.31. The van der Waals surface area contributed by atoms with E-state index in [9.17, 15) is 9.90 Å². The van der Waals surface area contributed by atoms with E-state index >= 15 is 0 Å². The summed E-state index contributed by atoms with van der Waals surface area (Å²) in [6, 6.07) is 7.60. The molecule has 2 aromatic rings. The highest BCUT2D eigenvalue weighted by Crippen LogP contribution is 2.31. The Kier molecular flexibility index (Phi) is 3.49. The number of anilines is 1. The quantitative estimate of drug-likeness (QED) is 0.939. The van der Waals surface area contributed by atoms with Gasteiger partial charge in [-0.1, -0.05) is 26.0 Å². The molecule has 3 rings (SSSR count). The molecule has 5 nitrogen and oxygen atoms in total. The summed E-state index contributed by atoms with van der Waals surface area (Å²) in [6.07, 6.45) is 1.12. The number of carboxylic acid groups (broad SMARTS) is 1. The summed E-state index contributed by atoms with van der Waals surface area (Å²) in [5.41, 5.74) is 0.688. The van der Waals surface area contributed by atoms with Crippen LogP contribution in [0.15, 0.2) is 24.3 Å². The van der Waals surface area contributed by atoms with Crippen molar-refractivity contribution in [1.29, 1.82) is 0 Å². The van der Waals surface area contributed by atoms with Crippen LogP contribution in [0, 0.1) is 11.8 Å². The van der Waals surface area contributed by atoms with E-state index in [1.807, 2.05) is 24.3 Å². The molecule has 1 aromatic carbocycles. The molecule has 1 aliphatic heterocycles. The summed E-state index contributed by atoms with van der Waals surface area (Å²) in [5, 5.41) is 10.1. The largest absolute Gasteiger partial charge is 0.475 e. The van der Waals surface area contributed by atoms with Crippen molar-refractivity contribution in [2.45, 2.75) is 20.3 Å². The zero-order valence-corrected chi connectivity index (χ0v) is 12.3. The highest BCUT2D eigenvalue weighted by molar-refractivity contribution is 5.93. The minimum atomic E-state index is -1.08. The molecule has 5 heteroatoms. The normalized spacial score (nSPS) is 18.6. The van der Waals surface area contributed by atoms with Crippen molar-refractivity contribution < 1.29 is 9.90 Å². The molecule has 21 heavy (non-hydrogen) atoms. The highest BCUT2D eigenvalue weighted by Gasteiger charge is 2.27. The SMILES string of the molecule is CC(C)C1CCN(c2nc(C(=O)O)nc3ccccc23)C1. The van der Waals surface area contributed by atoms with Gasteiger partial charge in [-0.25, -0.2) is 14.8 Å². The molecule has 2 heterocycles. The Balaban J connectivity index is 2.06. The molecule has 1 aliphatic rings. The second-order valence-electron chi connectivity index (χ2n) is 5.93. The van der Waals surface area contributed by atoms with E-state index in [1.165, 1.54) is 0 Å². The molecule has 1 unspecified atom stereocenters. The summed E-state index contributed by atoms with van der Waals surface area (Å²) in [5.74, 6) is 0.800. The maximum Gasteiger partial charge on any atom is 0.374 e. The minimum absolute atomic E-state index is 0.128. The average molecular weight is 285 g/mol. The fraction of sp³-hybridized carbons (Fsp3) is 0.438. The lowest BCUT2D eigenvalue weighted by molar-refractivity contribution is 0.0684. The second-order valence-corrected chi connectivity index (χ2v) is 5.93. The number of hydrogen-bond donors (Lipinski definition) is 1. The molecule has 0 saturated carbocycles. The van der Waals surface area contributed by atoms with Crippen molar-refractivity contribution in [2.24, 2.45) is 11.8 Å². The number of aromatic carboxylic acids is 1. The number of aromatic nitrogens is 2. The second kappa shape index (κ2) is 5.31. The highest BCUT2D eigenvalue weighted by atomic mass is 16.4. The molecular formula is C16H19N3O2. The average Bonchev–Trinajstić information content (AvgIpc) is 2.96. The Bertz CT molecular complexity index is 684. The molecule has 0 aliphatic carbocycles. The molecule has 0 bridgehead atoms. The van der Waals surface area contributed by atoms with Crippen LogP contribution in [0.4, 0.5) is 5.82 Å². The molecule has 1 atom stereocenters. The lowest BCUT2D eigenvalue weighted by atomic mass is 9.95. The van der Waals surface area contributed by atoms with Gasteiger partial charge in [0.2, 0.25) is 5.82 Å². The molecule has 0 radical (unpaired) electrons. The molecule has 0 spiro atoms. The molecular weight excluding hydrogens is 266 g/mol. The summed E-state index contributed by atoms with van der Waals surface area (Å²) in [4.78, 5) is 21.9. The summed E-state index contributed by atoms with van der Waals surface area (Å²) in [6.45, 7) is 6.31.